The Morgan fingerprint density at radius 3 is 2.52 bits per heavy atom. The number of hydrogen-bond donors (Lipinski definition) is 2. The van der Waals surface area contributed by atoms with Crippen LogP contribution in [0.15, 0.2) is 36.4 Å². The van der Waals surface area contributed by atoms with Gasteiger partial charge in [-0.05, 0) is 41.3 Å². The van der Waals surface area contributed by atoms with E-state index in [4.69, 9.17) is 4.74 Å². The molecular formula is C23H31N3O. The van der Waals surface area contributed by atoms with Gasteiger partial charge in [0.1, 0.15) is 0 Å². The van der Waals surface area contributed by atoms with Crippen molar-refractivity contribution in [2.45, 2.75) is 39.3 Å². The Balaban J connectivity index is 1.60. The lowest BCUT2D eigenvalue weighted by atomic mass is 9.73. The van der Waals surface area contributed by atoms with Gasteiger partial charge in [-0.1, -0.05) is 38.1 Å². The molecule has 2 aromatic rings. The SMILES string of the molecule is CCOCc1ccc2c(c1)C(C)(C)c1ccc(CN3CCNCC3)cc1N2. The van der Waals surface area contributed by atoms with E-state index >= 15 is 0 Å². The lowest BCUT2D eigenvalue weighted by molar-refractivity contribution is 0.134. The van der Waals surface area contributed by atoms with Gasteiger partial charge in [-0.15, -0.1) is 0 Å². The molecule has 0 radical (unpaired) electrons. The number of rotatable bonds is 5. The number of nitrogens with zero attached hydrogens (tertiary/aromatic N) is 1. The van der Waals surface area contributed by atoms with Crippen molar-refractivity contribution in [2.75, 3.05) is 38.1 Å². The molecule has 2 aliphatic rings. The molecule has 27 heavy (non-hydrogen) atoms. The van der Waals surface area contributed by atoms with E-state index < -0.39 is 0 Å². The fraction of sp³-hybridized carbons (Fsp3) is 0.478. The summed E-state index contributed by atoms with van der Waals surface area (Å²) in [5, 5.41) is 7.11. The molecule has 1 fully saturated rings. The van der Waals surface area contributed by atoms with Crippen LogP contribution in [-0.4, -0.2) is 37.7 Å². The number of nitrogens with one attached hydrogen (secondary N) is 2. The minimum Gasteiger partial charge on any atom is -0.377 e. The monoisotopic (exact) mass is 365 g/mol. The Morgan fingerprint density at radius 1 is 0.963 bits per heavy atom. The van der Waals surface area contributed by atoms with E-state index in [0.717, 1.165) is 39.3 Å². The molecule has 0 bridgehead atoms. The number of anilines is 2. The quantitative estimate of drug-likeness (QED) is 0.839. The minimum atomic E-state index is -0.0221. The van der Waals surface area contributed by atoms with Gasteiger partial charge in [-0.25, -0.2) is 0 Å². The van der Waals surface area contributed by atoms with Gasteiger partial charge in [-0.3, -0.25) is 4.90 Å². The molecule has 2 N–H and O–H groups in total. The van der Waals surface area contributed by atoms with Crippen LogP contribution in [0.5, 0.6) is 0 Å². The first-order valence-electron chi connectivity index (χ1n) is 10.1. The molecule has 4 nitrogen and oxygen atoms in total. The van der Waals surface area contributed by atoms with Gasteiger partial charge in [0.2, 0.25) is 0 Å². The zero-order valence-electron chi connectivity index (χ0n) is 16.8. The topological polar surface area (TPSA) is 36.5 Å². The summed E-state index contributed by atoms with van der Waals surface area (Å²) in [4.78, 5) is 2.53. The smallest absolute Gasteiger partial charge is 0.0716 e. The molecule has 0 spiro atoms. The van der Waals surface area contributed by atoms with E-state index in [1.807, 2.05) is 6.92 Å². The van der Waals surface area contributed by atoms with E-state index in [9.17, 15) is 0 Å². The summed E-state index contributed by atoms with van der Waals surface area (Å²) in [7, 11) is 0. The summed E-state index contributed by atoms with van der Waals surface area (Å²) in [5.74, 6) is 0. The van der Waals surface area contributed by atoms with Crippen molar-refractivity contribution in [1.82, 2.24) is 10.2 Å². The van der Waals surface area contributed by atoms with E-state index in [1.165, 1.54) is 33.6 Å². The fourth-order valence-electron chi connectivity index (χ4n) is 4.28. The van der Waals surface area contributed by atoms with E-state index in [2.05, 4.69) is 65.8 Å². The molecule has 2 heterocycles. The first-order chi connectivity index (χ1) is 13.1. The highest BCUT2D eigenvalue weighted by atomic mass is 16.5. The van der Waals surface area contributed by atoms with Crippen molar-refractivity contribution in [1.29, 1.82) is 0 Å². The molecule has 0 amide bonds. The summed E-state index contributed by atoms with van der Waals surface area (Å²) in [6.07, 6.45) is 0. The van der Waals surface area contributed by atoms with E-state index in [-0.39, 0.29) is 5.41 Å². The molecule has 0 aliphatic carbocycles. The van der Waals surface area contributed by atoms with Gasteiger partial charge in [0.15, 0.2) is 0 Å². The second-order valence-electron chi connectivity index (χ2n) is 8.17. The number of piperazine rings is 1. The Bertz CT molecular complexity index is 809. The van der Waals surface area contributed by atoms with Crippen molar-refractivity contribution in [2.24, 2.45) is 0 Å². The van der Waals surface area contributed by atoms with Gasteiger partial charge in [0.05, 0.1) is 6.61 Å². The maximum atomic E-state index is 5.61. The standard InChI is InChI=1S/C23H31N3O/c1-4-27-16-18-6-8-21-20(13-18)23(2,3)19-7-5-17(14-22(19)25-21)15-26-11-9-24-10-12-26/h5-8,13-14,24-25H,4,9-12,15-16H2,1-3H3. The van der Waals surface area contributed by atoms with Crippen molar-refractivity contribution in [3.8, 4) is 0 Å². The highest BCUT2D eigenvalue weighted by Crippen LogP contribution is 2.45. The molecule has 2 aliphatic heterocycles. The van der Waals surface area contributed by atoms with Crippen molar-refractivity contribution in [3.63, 3.8) is 0 Å². The summed E-state index contributed by atoms with van der Waals surface area (Å²) in [5.41, 5.74) is 7.78. The van der Waals surface area contributed by atoms with Gasteiger partial charge in [0, 0.05) is 56.1 Å². The maximum absolute atomic E-state index is 5.61. The normalized spacial score (nSPS) is 18.5. The molecular weight excluding hydrogens is 334 g/mol. The molecule has 4 heteroatoms. The van der Waals surface area contributed by atoms with Crippen LogP contribution in [0.4, 0.5) is 11.4 Å². The molecule has 1 saturated heterocycles. The highest BCUT2D eigenvalue weighted by Gasteiger charge is 2.32. The third-order valence-corrected chi connectivity index (χ3v) is 5.87. The van der Waals surface area contributed by atoms with Crippen LogP contribution in [0, 0.1) is 0 Å². The number of hydrogen-bond acceptors (Lipinski definition) is 4. The number of fused-ring (bicyclic) bond motifs is 2. The highest BCUT2D eigenvalue weighted by molar-refractivity contribution is 5.76. The van der Waals surface area contributed by atoms with Gasteiger partial charge in [0.25, 0.3) is 0 Å². The Morgan fingerprint density at radius 2 is 1.74 bits per heavy atom. The zero-order valence-corrected chi connectivity index (χ0v) is 16.8. The van der Waals surface area contributed by atoms with E-state index in [1.54, 1.807) is 0 Å². The van der Waals surface area contributed by atoms with Crippen LogP contribution in [0.1, 0.15) is 43.0 Å². The average Bonchev–Trinajstić information content (AvgIpc) is 2.67. The summed E-state index contributed by atoms with van der Waals surface area (Å²) >= 11 is 0. The van der Waals surface area contributed by atoms with Crippen LogP contribution in [0.3, 0.4) is 0 Å². The Hall–Kier alpha value is -1.88. The van der Waals surface area contributed by atoms with Crippen LogP contribution in [0.25, 0.3) is 0 Å². The predicted molar refractivity (Wildman–Crippen MR) is 112 cm³/mol. The second kappa shape index (κ2) is 7.63. The third-order valence-electron chi connectivity index (χ3n) is 5.87. The molecule has 0 atom stereocenters. The van der Waals surface area contributed by atoms with Gasteiger partial charge in [-0.2, -0.15) is 0 Å². The molecule has 0 aromatic heterocycles. The van der Waals surface area contributed by atoms with Crippen LogP contribution in [0.2, 0.25) is 0 Å². The maximum Gasteiger partial charge on any atom is 0.0716 e. The first kappa shape index (κ1) is 18.5. The van der Waals surface area contributed by atoms with Crippen LogP contribution < -0.4 is 10.6 Å². The second-order valence-corrected chi connectivity index (χ2v) is 8.17. The lowest BCUT2D eigenvalue weighted by Crippen LogP contribution is -2.42. The van der Waals surface area contributed by atoms with Crippen molar-refractivity contribution in [3.05, 3.63) is 58.7 Å². The summed E-state index contributed by atoms with van der Waals surface area (Å²) in [6.45, 7) is 13.6. The lowest BCUT2D eigenvalue weighted by Gasteiger charge is -2.36. The molecule has 4 rings (SSSR count). The number of benzene rings is 2. The molecule has 2 aromatic carbocycles. The first-order valence-corrected chi connectivity index (χ1v) is 10.1. The molecule has 144 valence electrons. The Kier molecular flexibility index (Phi) is 5.22. The van der Waals surface area contributed by atoms with Gasteiger partial charge >= 0.3 is 0 Å². The molecule has 0 saturated carbocycles. The van der Waals surface area contributed by atoms with E-state index in [0.29, 0.717) is 6.61 Å². The summed E-state index contributed by atoms with van der Waals surface area (Å²) in [6, 6.07) is 13.6. The van der Waals surface area contributed by atoms with Crippen LogP contribution >= 0.6 is 0 Å². The third kappa shape index (κ3) is 3.75. The minimum absolute atomic E-state index is 0.0221. The zero-order chi connectivity index (χ0) is 18.9. The van der Waals surface area contributed by atoms with Crippen molar-refractivity contribution < 1.29 is 4.74 Å². The fourth-order valence-corrected chi connectivity index (χ4v) is 4.28. The average molecular weight is 366 g/mol. The predicted octanol–water partition coefficient (Wildman–Crippen LogP) is 4.01. The Labute approximate surface area is 162 Å². The number of ether oxygens (including phenoxy) is 1. The largest absolute Gasteiger partial charge is 0.377 e. The van der Waals surface area contributed by atoms with Gasteiger partial charge < -0.3 is 15.4 Å². The summed E-state index contributed by atoms with van der Waals surface area (Å²) < 4.78 is 5.61. The van der Waals surface area contributed by atoms with Crippen LogP contribution in [-0.2, 0) is 23.3 Å². The van der Waals surface area contributed by atoms with Crippen molar-refractivity contribution >= 4 is 11.4 Å². The molecule has 0 unspecified atom stereocenters.